The average molecular weight is 316 g/mol. The summed E-state index contributed by atoms with van der Waals surface area (Å²) < 4.78 is 17.9. The van der Waals surface area contributed by atoms with Crippen molar-refractivity contribution >= 4 is 49.3 Å². The molecule has 0 heterocycles. The summed E-state index contributed by atoms with van der Waals surface area (Å²) in [5.74, 6) is -0.858. The maximum absolute atomic E-state index is 11.0. The number of hydrogen-bond donors (Lipinski definition) is 3. The second-order valence-corrected chi connectivity index (χ2v) is 4.10. The molecule has 0 radical (unpaired) electrons. The van der Waals surface area contributed by atoms with Gasteiger partial charge in [-0.1, -0.05) is 0 Å². The van der Waals surface area contributed by atoms with E-state index < -0.39 is 19.8 Å². The molecule has 10 heteroatoms. The van der Waals surface area contributed by atoms with E-state index in [-0.39, 0.29) is 29.6 Å². The Morgan fingerprint density at radius 3 is 1.25 bits per heavy atom. The van der Waals surface area contributed by atoms with E-state index >= 15 is 0 Å². The van der Waals surface area contributed by atoms with E-state index in [2.05, 4.69) is 9.47 Å². The van der Waals surface area contributed by atoms with Gasteiger partial charge in [-0.05, 0) is 24.3 Å². The molecular formula is C10H14NaO8P. The molecular weight excluding hydrogens is 302 g/mol. The molecule has 0 aromatic heterocycles. The Kier molecular flexibility index (Phi) is 10.9. The molecule has 0 atom stereocenters. The second kappa shape index (κ2) is 10.1. The van der Waals surface area contributed by atoms with Crippen molar-refractivity contribution in [3.8, 4) is 0 Å². The molecule has 20 heavy (non-hydrogen) atoms. The first-order valence-electron chi connectivity index (χ1n) is 4.74. The first-order chi connectivity index (χ1) is 8.69. The Hall–Kier alpha value is -0.730. The van der Waals surface area contributed by atoms with E-state index in [1.807, 2.05) is 0 Å². The zero-order valence-electron chi connectivity index (χ0n) is 10.1. The van der Waals surface area contributed by atoms with Crippen LogP contribution >= 0.6 is 7.82 Å². The first kappa shape index (κ1) is 21.6. The number of carbonyl (C=O) groups excluding carboxylic acids is 2. The van der Waals surface area contributed by atoms with Crippen LogP contribution in [0.3, 0.4) is 0 Å². The molecule has 1 aromatic rings. The number of rotatable bonds is 2. The number of phosphoric acid groups is 1. The van der Waals surface area contributed by atoms with E-state index in [1.165, 1.54) is 38.5 Å². The van der Waals surface area contributed by atoms with Crippen LogP contribution in [0.15, 0.2) is 24.3 Å². The van der Waals surface area contributed by atoms with Crippen LogP contribution in [0.5, 0.6) is 0 Å². The molecule has 0 aliphatic heterocycles. The Morgan fingerprint density at radius 1 is 0.900 bits per heavy atom. The fourth-order valence-corrected chi connectivity index (χ4v) is 0.978. The van der Waals surface area contributed by atoms with Gasteiger partial charge >= 0.3 is 49.3 Å². The van der Waals surface area contributed by atoms with E-state index in [0.29, 0.717) is 11.1 Å². The van der Waals surface area contributed by atoms with Gasteiger partial charge in [0, 0.05) is 0 Å². The third-order valence-corrected chi connectivity index (χ3v) is 1.73. The van der Waals surface area contributed by atoms with Crippen LogP contribution in [0.4, 0.5) is 0 Å². The summed E-state index contributed by atoms with van der Waals surface area (Å²) in [4.78, 5) is 43.6. The van der Waals surface area contributed by atoms with Gasteiger partial charge in [0.2, 0.25) is 0 Å². The van der Waals surface area contributed by atoms with Crippen molar-refractivity contribution in [2.45, 2.75) is 0 Å². The van der Waals surface area contributed by atoms with Gasteiger partial charge in [-0.25, -0.2) is 14.2 Å². The molecule has 0 amide bonds. The first-order valence-corrected chi connectivity index (χ1v) is 6.30. The van der Waals surface area contributed by atoms with Crippen LogP contribution in [-0.2, 0) is 14.0 Å². The van der Waals surface area contributed by atoms with Gasteiger partial charge in [0.1, 0.15) is 0 Å². The van der Waals surface area contributed by atoms with Crippen molar-refractivity contribution in [3.63, 3.8) is 0 Å². The van der Waals surface area contributed by atoms with Gasteiger partial charge in [-0.3, -0.25) is 0 Å². The summed E-state index contributed by atoms with van der Waals surface area (Å²) in [6.45, 7) is 0. The van der Waals surface area contributed by atoms with Gasteiger partial charge in [-0.15, -0.1) is 0 Å². The van der Waals surface area contributed by atoms with Crippen molar-refractivity contribution in [1.82, 2.24) is 0 Å². The number of benzene rings is 1. The van der Waals surface area contributed by atoms with Crippen LogP contribution in [0.2, 0.25) is 0 Å². The Morgan fingerprint density at radius 2 is 1.10 bits per heavy atom. The predicted molar refractivity (Wildman–Crippen MR) is 70.5 cm³/mol. The number of hydrogen-bond acceptors (Lipinski definition) is 5. The van der Waals surface area contributed by atoms with Gasteiger partial charge in [0.05, 0.1) is 25.3 Å². The third-order valence-electron chi connectivity index (χ3n) is 1.73. The van der Waals surface area contributed by atoms with E-state index in [9.17, 15) is 9.59 Å². The third kappa shape index (κ3) is 10.1. The molecule has 0 bridgehead atoms. The van der Waals surface area contributed by atoms with Crippen molar-refractivity contribution in [3.05, 3.63) is 35.4 Å². The molecule has 1 rings (SSSR count). The summed E-state index contributed by atoms with van der Waals surface area (Å²) >= 11 is 0. The molecule has 0 unspecified atom stereocenters. The zero-order valence-corrected chi connectivity index (χ0v) is 11.0. The molecule has 108 valence electrons. The van der Waals surface area contributed by atoms with Crippen molar-refractivity contribution in [2.75, 3.05) is 14.2 Å². The predicted octanol–water partition coefficient (Wildman–Crippen LogP) is -0.317. The fraction of sp³-hybridized carbons (Fsp3) is 0.200. The quantitative estimate of drug-likeness (QED) is 0.384. The van der Waals surface area contributed by atoms with E-state index in [1.54, 1.807) is 0 Å². The molecule has 8 nitrogen and oxygen atoms in total. The zero-order chi connectivity index (χ0) is 15.1. The van der Waals surface area contributed by atoms with E-state index in [0.717, 1.165) is 0 Å². The Labute approximate surface area is 137 Å². The topological polar surface area (TPSA) is 130 Å². The summed E-state index contributed by atoms with van der Waals surface area (Å²) in [6.07, 6.45) is 0. The van der Waals surface area contributed by atoms with Crippen molar-refractivity contribution in [2.24, 2.45) is 0 Å². The summed E-state index contributed by atoms with van der Waals surface area (Å²) in [6, 6.07) is 6.05. The van der Waals surface area contributed by atoms with Gasteiger partial charge in [0.15, 0.2) is 0 Å². The van der Waals surface area contributed by atoms with Crippen molar-refractivity contribution < 1.29 is 38.3 Å². The number of methoxy groups -OCH3 is 2. The summed E-state index contributed by atoms with van der Waals surface area (Å²) in [5.41, 5.74) is 0.806. The van der Waals surface area contributed by atoms with Crippen LogP contribution in [0, 0.1) is 0 Å². The molecule has 3 N–H and O–H groups in total. The standard InChI is InChI=1S/C10H10O4.Na.H3O4P.H/c1-13-9(11)7-3-5-8(6-4-7)10(12)14-2;;1-5(2,3)4;/h3-6H,1-2H3;;(H3,1,2,3,4);. The summed E-state index contributed by atoms with van der Waals surface area (Å²) in [5, 5.41) is 0. The minimum absolute atomic E-state index is 0. The molecule has 0 aliphatic carbocycles. The van der Waals surface area contributed by atoms with Crippen LogP contribution in [0.25, 0.3) is 0 Å². The number of esters is 2. The Bertz CT molecular complexity index is 437. The molecule has 0 aliphatic rings. The molecule has 0 saturated heterocycles. The maximum atomic E-state index is 11.0. The van der Waals surface area contributed by atoms with Gasteiger partial charge in [-0.2, -0.15) is 0 Å². The van der Waals surface area contributed by atoms with Crippen molar-refractivity contribution in [1.29, 1.82) is 0 Å². The van der Waals surface area contributed by atoms with Gasteiger partial charge < -0.3 is 24.2 Å². The summed E-state index contributed by atoms with van der Waals surface area (Å²) in [7, 11) is -2.03. The molecule has 1 aromatic carbocycles. The minimum atomic E-state index is -4.64. The average Bonchev–Trinajstić information content (AvgIpc) is 2.35. The van der Waals surface area contributed by atoms with Gasteiger partial charge in [0.25, 0.3) is 0 Å². The number of carbonyl (C=O) groups is 2. The normalized spacial score (nSPS) is 9.45. The monoisotopic (exact) mass is 316 g/mol. The molecule has 0 fully saturated rings. The van der Waals surface area contributed by atoms with E-state index in [4.69, 9.17) is 19.2 Å². The van der Waals surface area contributed by atoms with Crippen LogP contribution < -0.4 is 0 Å². The Balaban J connectivity index is 0. The van der Waals surface area contributed by atoms with Crippen LogP contribution in [-0.4, -0.2) is 70.4 Å². The van der Waals surface area contributed by atoms with Crippen LogP contribution in [0.1, 0.15) is 20.7 Å². The molecule has 0 saturated carbocycles. The SMILES string of the molecule is COC(=O)c1ccc(C(=O)OC)cc1.O=P(O)(O)O.[NaH]. The second-order valence-electron chi connectivity index (χ2n) is 3.07. The number of ether oxygens (including phenoxy) is 2. The molecule has 0 spiro atoms. The fourth-order valence-electron chi connectivity index (χ4n) is 0.978.